The maximum absolute atomic E-state index is 12.3. The van der Waals surface area contributed by atoms with Gasteiger partial charge in [0.15, 0.2) is 0 Å². The number of piperidine rings is 1. The Balaban J connectivity index is 1.78. The van der Waals surface area contributed by atoms with E-state index in [0.29, 0.717) is 36.5 Å². The highest BCUT2D eigenvalue weighted by atomic mass is 35.5. The van der Waals surface area contributed by atoms with E-state index < -0.39 is 22.7 Å². The van der Waals surface area contributed by atoms with Crippen LogP contribution in [0.4, 0.5) is 13.2 Å². The number of sulfonamides is 1. The molecule has 0 aromatic heterocycles. The summed E-state index contributed by atoms with van der Waals surface area (Å²) in [6.45, 7) is -0.00255. The van der Waals surface area contributed by atoms with Crippen LogP contribution in [0.2, 0.25) is 5.02 Å². The van der Waals surface area contributed by atoms with E-state index in [9.17, 15) is 21.6 Å². The Morgan fingerprint density at radius 1 is 1.21 bits per heavy atom. The number of hydrogen-bond acceptors (Lipinski definition) is 3. The molecule has 0 spiro atoms. The van der Waals surface area contributed by atoms with Gasteiger partial charge in [-0.05, 0) is 43.5 Å². The first-order chi connectivity index (χ1) is 11.1. The molecule has 0 atom stereocenters. The quantitative estimate of drug-likeness (QED) is 0.820. The molecule has 2 rings (SSSR count). The predicted molar refractivity (Wildman–Crippen MR) is 87.3 cm³/mol. The molecule has 1 aliphatic heterocycles. The van der Waals surface area contributed by atoms with Crippen LogP contribution in [0.25, 0.3) is 0 Å². The Kier molecular flexibility index (Phi) is 6.52. The number of likely N-dealkylation sites (tertiary alicyclic amines) is 1. The largest absolute Gasteiger partial charge is 0.401 e. The fourth-order valence-corrected chi connectivity index (χ4v) is 4.25. The number of nitrogens with zero attached hydrogens (tertiary/aromatic N) is 1. The van der Waals surface area contributed by atoms with Crippen LogP contribution < -0.4 is 4.72 Å². The molecule has 1 fully saturated rings. The Morgan fingerprint density at radius 3 is 2.42 bits per heavy atom. The first-order valence-electron chi connectivity index (χ1n) is 7.64. The van der Waals surface area contributed by atoms with Crippen molar-refractivity contribution in [3.8, 4) is 0 Å². The minimum absolute atomic E-state index is 0.0514. The number of benzene rings is 1. The van der Waals surface area contributed by atoms with E-state index in [2.05, 4.69) is 4.72 Å². The lowest BCUT2D eigenvalue weighted by Crippen LogP contribution is -2.42. The summed E-state index contributed by atoms with van der Waals surface area (Å²) in [4.78, 5) is 1.36. The van der Waals surface area contributed by atoms with E-state index in [0.717, 1.165) is 0 Å². The lowest BCUT2D eigenvalue weighted by atomic mass is 9.97. The van der Waals surface area contributed by atoms with Crippen LogP contribution in [0.1, 0.15) is 18.4 Å². The predicted octanol–water partition coefficient (Wildman–Crippen LogP) is 3.03. The Labute approximate surface area is 145 Å². The van der Waals surface area contributed by atoms with Crippen molar-refractivity contribution >= 4 is 21.6 Å². The lowest BCUT2D eigenvalue weighted by Gasteiger charge is -2.32. The molecule has 9 heteroatoms. The molecule has 24 heavy (non-hydrogen) atoms. The van der Waals surface area contributed by atoms with Crippen LogP contribution >= 0.6 is 11.6 Å². The monoisotopic (exact) mass is 384 g/mol. The van der Waals surface area contributed by atoms with Gasteiger partial charge in [0.2, 0.25) is 10.0 Å². The molecular weight excluding hydrogens is 365 g/mol. The highest BCUT2D eigenvalue weighted by molar-refractivity contribution is 7.88. The Hall–Kier alpha value is -0.830. The summed E-state index contributed by atoms with van der Waals surface area (Å²) < 4.78 is 63.8. The fraction of sp³-hybridized carbons (Fsp3) is 0.600. The summed E-state index contributed by atoms with van der Waals surface area (Å²) in [6, 6.07) is 6.72. The van der Waals surface area contributed by atoms with Gasteiger partial charge in [-0.25, -0.2) is 13.1 Å². The van der Waals surface area contributed by atoms with Crippen molar-refractivity contribution < 1.29 is 21.6 Å². The summed E-state index contributed by atoms with van der Waals surface area (Å²) >= 11 is 5.96. The molecule has 1 aliphatic rings. The zero-order valence-corrected chi connectivity index (χ0v) is 14.6. The van der Waals surface area contributed by atoms with E-state index in [4.69, 9.17) is 11.6 Å². The van der Waals surface area contributed by atoms with Gasteiger partial charge in [-0.3, -0.25) is 4.90 Å². The van der Waals surface area contributed by atoms with Crippen molar-refractivity contribution in [2.45, 2.75) is 24.8 Å². The molecule has 0 unspecified atom stereocenters. The van der Waals surface area contributed by atoms with Gasteiger partial charge < -0.3 is 0 Å². The Bertz CT molecular complexity index is 644. The number of hydrogen-bond donors (Lipinski definition) is 1. The number of halogens is 4. The molecule has 1 N–H and O–H groups in total. The van der Waals surface area contributed by atoms with E-state index in [-0.39, 0.29) is 18.2 Å². The molecule has 1 heterocycles. The highest BCUT2D eigenvalue weighted by Crippen LogP contribution is 2.22. The normalized spacial score (nSPS) is 18.0. The highest BCUT2D eigenvalue weighted by Gasteiger charge is 2.32. The van der Waals surface area contributed by atoms with E-state index >= 15 is 0 Å². The molecule has 1 saturated heterocycles. The van der Waals surface area contributed by atoms with E-state index in [1.165, 1.54) is 4.90 Å². The van der Waals surface area contributed by atoms with Gasteiger partial charge in [-0.1, -0.05) is 29.8 Å². The average molecular weight is 385 g/mol. The van der Waals surface area contributed by atoms with Gasteiger partial charge in [0.1, 0.15) is 0 Å². The molecule has 4 nitrogen and oxygen atoms in total. The van der Waals surface area contributed by atoms with E-state index in [1.807, 2.05) is 0 Å². The molecule has 0 radical (unpaired) electrons. The van der Waals surface area contributed by atoms with Crippen LogP contribution in [0.3, 0.4) is 0 Å². The number of nitrogens with one attached hydrogen (secondary N) is 1. The van der Waals surface area contributed by atoms with Crippen molar-refractivity contribution in [1.29, 1.82) is 0 Å². The smallest absolute Gasteiger partial charge is 0.295 e. The summed E-state index contributed by atoms with van der Waals surface area (Å²) in [7, 11) is -3.53. The molecule has 136 valence electrons. The zero-order valence-electron chi connectivity index (χ0n) is 13.0. The molecular formula is C15H20ClF3N2O2S. The van der Waals surface area contributed by atoms with E-state index in [1.54, 1.807) is 24.3 Å². The van der Waals surface area contributed by atoms with Crippen molar-refractivity contribution in [2.24, 2.45) is 5.92 Å². The lowest BCUT2D eigenvalue weighted by molar-refractivity contribution is -0.148. The third kappa shape index (κ3) is 6.58. The first-order valence-corrected chi connectivity index (χ1v) is 9.67. The topological polar surface area (TPSA) is 49.4 Å². The molecule has 0 saturated carbocycles. The van der Waals surface area contributed by atoms with Crippen molar-refractivity contribution in [2.75, 3.05) is 26.2 Å². The summed E-state index contributed by atoms with van der Waals surface area (Å²) in [5.41, 5.74) is 0.520. The maximum atomic E-state index is 12.3. The number of rotatable bonds is 6. The van der Waals surface area contributed by atoms with Crippen LogP contribution in [0.15, 0.2) is 24.3 Å². The van der Waals surface area contributed by atoms with Crippen LogP contribution in [0, 0.1) is 5.92 Å². The van der Waals surface area contributed by atoms with Crippen molar-refractivity contribution in [3.05, 3.63) is 34.9 Å². The zero-order chi connectivity index (χ0) is 17.8. The van der Waals surface area contributed by atoms with Gasteiger partial charge in [0.05, 0.1) is 12.3 Å². The standard InChI is InChI=1S/C15H20ClF3N2O2S/c16-14-4-2-1-3-13(14)10-24(22,23)20-9-12-5-7-21(8-6-12)11-15(17,18)19/h1-4,12,20H,5-11H2. The molecule has 0 amide bonds. The molecule has 1 aromatic rings. The maximum Gasteiger partial charge on any atom is 0.401 e. The van der Waals surface area contributed by atoms with Crippen molar-refractivity contribution in [1.82, 2.24) is 9.62 Å². The van der Waals surface area contributed by atoms with Gasteiger partial charge in [-0.15, -0.1) is 0 Å². The molecule has 0 bridgehead atoms. The first kappa shape index (κ1) is 19.5. The van der Waals surface area contributed by atoms with Gasteiger partial charge in [0, 0.05) is 11.6 Å². The van der Waals surface area contributed by atoms with Gasteiger partial charge >= 0.3 is 6.18 Å². The second-order valence-corrected chi connectivity index (χ2v) is 8.25. The molecule has 1 aromatic carbocycles. The van der Waals surface area contributed by atoms with Crippen molar-refractivity contribution in [3.63, 3.8) is 0 Å². The average Bonchev–Trinajstić information content (AvgIpc) is 2.47. The van der Waals surface area contributed by atoms with Crippen LogP contribution in [-0.2, 0) is 15.8 Å². The van der Waals surface area contributed by atoms with Crippen LogP contribution in [-0.4, -0.2) is 45.7 Å². The SMILES string of the molecule is O=S(=O)(Cc1ccccc1Cl)NCC1CCN(CC(F)(F)F)CC1. The summed E-state index contributed by atoms with van der Waals surface area (Å²) in [5, 5.41) is 0.392. The summed E-state index contributed by atoms with van der Waals surface area (Å²) in [5.74, 6) is -0.157. The third-order valence-electron chi connectivity index (χ3n) is 4.01. The van der Waals surface area contributed by atoms with Gasteiger partial charge in [-0.2, -0.15) is 13.2 Å². The summed E-state index contributed by atoms with van der Waals surface area (Å²) in [6.07, 6.45) is -3.10. The minimum Gasteiger partial charge on any atom is -0.295 e. The molecule has 0 aliphatic carbocycles. The second kappa shape index (κ2) is 8.03. The third-order valence-corrected chi connectivity index (χ3v) is 5.67. The minimum atomic E-state index is -4.19. The Morgan fingerprint density at radius 2 is 1.83 bits per heavy atom. The van der Waals surface area contributed by atoms with Crippen LogP contribution in [0.5, 0.6) is 0 Å². The number of alkyl halides is 3. The fourth-order valence-electron chi connectivity index (χ4n) is 2.72. The van der Waals surface area contributed by atoms with Gasteiger partial charge in [0.25, 0.3) is 0 Å². The second-order valence-electron chi connectivity index (χ2n) is 6.03.